The first-order chi connectivity index (χ1) is 10.8. The molecule has 2 aromatic rings. The first kappa shape index (κ1) is 17.5. The number of aromatic nitrogens is 1. The molecule has 1 heterocycles. The van der Waals surface area contributed by atoms with Gasteiger partial charge in [0, 0.05) is 5.56 Å². The lowest BCUT2D eigenvalue weighted by Crippen LogP contribution is -2.19. The maximum absolute atomic E-state index is 12.6. The number of benzene rings is 1. The molecule has 0 aliphatic carbocycles. The Morgan fingerprint density at radius 1 is 1.30 bits per heavy atom. The molecule has 2 rings (SSSR count). The van der Waals surface area contributed by atoms with Crippen molar-refractivity contribution < 1.29 is 9.32 Å². The van der Waals surface area contributed by atoms with Gasteiger partial charge in [-0.25, -0.2) is 0 Å². The highest BCUT2D eigenvalue weighted by Gasteiger charge is 2.16. The maximum atomic E-state index is 12.6. The summed E-state index contributed by atoms with van der Waals surface area (Å²) in [5, 5.41) is 5.94. The number of carbonyl (C=O) groups is 1. The minimum Gasteiger partial charge on any atom is -0.360 e. The molecule has 1 aromatic heterocycles. The van der Waals surface area contributed by atoms with Gasteiger partial charge in [0.05, 0.1) is 10.6 Å². The van der Waals surface area contributed by atoms with E-state index in [1.54, 1.807) is 0 Å². The zero-order valence-corrected chi connectivity index (χ0v) is 15.4. The predicted molar refractivity (Wildman–Crippen MR) is 96.3 cm³/mol. The van der Waals surface area contributed by atoms with Crippen LogP contribution in [0.5, 0.6) is 0 Å². The van der Waals surface area contributed by atoms with E-state index in [1.165, 1.54) is 5.56 Å². The van der Waals surface area contributed by atoms with Gasteiger partial charge in [0.25, 0.3) is 5.91 Å². The lowest BCUT2D eigenvalue weighted by Gasteiger charge is -2.13. The molecule has 5 heteroatoms. The molecule has 1 amide bonds. The molecule has 124 valence electrons. The molecular formula is C18H24N2O2S. The number of nitrogens with zero attached hydrogens (tertiary/aromatic N) is 1. The van der Waals surface area contributed by atoms with Gasteiger partial charge in [-0.05, 0) is 62.2 Å². The van der Waals surface area contributed by atoms with E-state index in [0.717, 1.165) is 21.9 Å². The number of rotatable bonds is 4. The summed E-state index contributed by atoms with van der Waals surface area (Å²) in [6.45, 7) is 12.1. The Bertz CT molecular complexity index is 741. The standard InChI is InChI=1S/C18H24N2O2S/c1-7-23(17-13(5)19-22-14(17)6)20-18(21)15-8-9-16(11(2)3)12(4)10-15/h7-11H,1-6H3,(H,20,21). The van der Waals surface area contributed by atoms with Crippen molar-refractivity contribution in [3.63, 3.8) is 0 Å². The monoisotopic (exact) mass is 332 g/mol. The van der Waals surface area contributed by atoms with E-state index in [0.29, 0.717) is 11.5 Å². The Morgan fingerprint density at radius 2 is 2.00 bits per heavy atom. The zero-order chi connectivity index (χ0) is 17.1. The molecule has 1 aromatic carbocycles. The second-order valence-electron chi connectivity index (χ2n) is 5.88. The summed E-state index contributed by atoms with van der Waals surface area (Å²) in [5.41, 5.74) is 3.91. The highest BCUT2D eigenvalue weighted by atomic mass is 32.2. The van der Waals surface area contributed by atoms with Gasteiger partial charge in [-0.3, -0.25) is 9.52 Å². The van der Waals surface area contributed by atoms with Crippen LogP contribution in [0, 0.1) is 20.8 Å². The van der Waals surface area contributed by atoms with E-state index in [2.05, 4.69) is 23.7 Å². The van der Waals surface area contributed by atoms with Gasteiger partial charge in [0.15, 0.2) is 0 Å². The van der Waals surface area contributed by atoms with Crippen LogP contribution in [0.3, 0.4) is 0 Å². The Kier molecular flexibility index (Phi) is 5.42. The van der Waals surface area contributed by atoms with Crippen molar-refractivity contribution in [3.05, 3.63) is 46.3 Å². The third-order valence-corrected chi connectivity index (χ3v) is 5.68. The molecule has 0 fully saturated rings. The van der Waals surface area contributed by atoms with Gasteiger partial charge in [-0.1, -0.05) is 35.7 Å². The van der Waals surface area contributed by atoms with Crippen molar-refractivity contribution >= 4 is 21.9 Å². The molecule has 23 heavy (non-hydrogen) atoms. The minimum atomic E-state index is -0.519. The Balaban J connectivity index is 2.26. The highest BCUT2D eigenvalue weighted by Crippen LogP contribution is 2.29. The minimum absolute atomic E-state index is 0.0789. The topological polar surface area (TPSA) is 55.1 Å². The molecule has 0 bridgehead atoms. The SMILES string of the molecule is C/C=S(/NC(=O)c1ccc(C(C)C)c(C)c1)c1c(C)noc1C. The number of aryl methyl sites for hydroxylation is 3. The Hall–Kier alpha value is -1.88. The predicted octanol–water partition coefficient (Wildman–Crippen LogP) is 4.52. The highest BCUT2D eigenvalue weighted by molar-refractivity contribution is 8.13. The number of hydrogen-bond acceptors (Lipinski definition) is 3. The van der Waals surface area contributed by atoms with Crippen molar-refractivity contribution in [3.8, 4) is 0 Å². The van der Waals surface area contributed by atoms with Crippen LogP contribution in [0.4, 0.5) is 0 Å². The van der Waals surface area contributed by atoms with Crippen LogP contribution in [0.1, 0.15) is 59.6 Å². The molecule has 1 N–H and O–H groups in total. The Labute approximate surface area is 140 Å². The molecule has 0 aliphatic heterocycles. The molecule has 0 saturated heterocycles. The summed E-state index contributed by atoms with van der Waals surface area (Å²) in [4.78, 5) is 13.5. The third-order valence-electron chi connectivity index (χ3n) is 3.78. The van der Waals surface area contributed by atoms with Crippen LogP contribution in [0.2, 0.25) is 0 Å². The van der Waals surface area contributed by atoms with Crippen LogP contribution >= 0.6 is 10.7 Å². The van der Waals surface area contributed by atoms with Crippen molar-refractivity contribution in [2.45, 2.75) is 52.4 Å². The fraction of sp³-hybridized carbons (Fsp3) is 0.389. The summed E-state index contributed by atoms with van der Waals surface area (Å²) >= 11 is 0. The molecular weight excluding hydrogens is 308 g/mol. The van der Waals surface area contributed by atoms with E-state index in [-0.39, 0.29) is 5.91 Å². The van der Waals surface area contributed by atoms with E-state index in [4.69, 9.17) is 4.52 Å². The quantitative estimate of drug-likeness (QED) is 0.838. The van der Waals surface area contributed by atoms with E-state index in [1.807, 2.05) is 51.3 Å². The number of carbonyl (C=O) groups excluding carboxylic acids is 1. The largest absolute Gasteiger partial charge is 0.360 e. The molecule has 1 unspecified atom stereocenters. The second-order valence-corrected chi connectivity index (χ2v) is 7.64. The van der Waals surface area contributed by atoms with Crippen LogP contribution < -0.4 is 4.72 Å². The van der Waals surface area contributed by atoms with Crippen LogP contribution in [-0.2, 0) is 0 Å². The van der Waals surface area contributed by atoms with E-state index < -0.39 is 10.7 Å². The number of amides is 1. The molecule has 0 aliphatic rings. The summed E-state index contributed by atoms with van der Waals surface area (Å²) in [7, 11) is -0.519. The first-order valence-corrected chi connectivity index (χ1v) is 9.01. The van der Waals surface area contributed by atoms with Gasteiger partial charge in [-0.2, -0.15) is 0 Å². The Morgan fingerprint density at radius 3 is 2.48 bits per heavy atom. The molecule has 1 atom stereocenters. The molecule has 0 saturated carbocycles. The average Bonchev–Trinajstić information content (AvgIpc) is 2.83. The second kappa shape index (κ2) is 7.13. The lowest BCUT2D eigenvalue weighted by atomic mass is 9.96. The molecule has 0 spiro atoms. The van der Waals surface area contributed by atoms with Crippen molar-refractivity contribution in [2.75, 3.05) is 0 Å². The van der Waals surface area contributed by atoms with Crippen LogP contribution in [-0.4, -0.2) is 16.4 Å². The zero-order valence-electron chi connectivity index (χ0n) is 14.6. The van der Waals surface area contributed by atoms with Crippen molar-refractivity contribution in [2.24, 2.45) is 0 Å². The summed E-state index contributed by atoms with van der Waals surface area (Å²) in [6.07, 6.45) is 0. The van der Waals surface area contributed by atoms with Crippen molar-refractivity contribution in [1.82, 2.24) is 9.88 Å². The summed E-state index contributed by atoms with van der Waals surface area (Å²) in [6, 6.07) is 5.88. The fourth-order valence-corrected chi connectivity index (χ4v) is 4.12. The van der Waals surface area contributed by atoms with Gasteiger partial charge < -0.3 is 4.52 Å². The molecule has 4 nitrogen and oxygen atoms in total. The third kappa shape index (κ3) is 3.72. The normalized spacial score (nSPS) is 12.7. The van der Waals surface area contributed by atoms with Gasteiger partial charge in [-0.15, -0.1) is 0 Å². The van der Waals surface area contributed by atoms with E-state index in [9.17, 15) is 4.79 Å². The van der Waals surface area contributed by atoms with E-state index >= 15 is 0 Å². The lowest BCUT2D eigenvalue weighted by molar-refractivity contribution is 0.0984. The molecule has 0 radical (unpaired) electrons. The van der Waals surface area contributed by atoms with Gasteiger partial charge in [0.2, 0.25) is 0 Å². The fourth-order valence-electron chi connectivity index (χ4n) is 2.64. The first-order valence-electron chi connectivity index (χ1n) is 7.72. The number of hydrogen-bond donors (Lipinski definition) is 1. The smallest absolute Gasteiger partial charge is 0.260 e. The summed E-state index contributed by atoms with van der Waals surface area (Å²) in [5.74, 6) is 1.12. The van der Waals surface area contributed by atoms with Gasteiger partial charge >= 0.3 is 0 Å². The van der Waals surface area contributed by atoms with Crippen molar-refractivity contribution in [1.29, 1.82) is 0 Å². The maximum Gasteiger partial charge on any atom is 0.260 e. The van der Waals surface area contributed by atoms with Crippen LogP contribution in [0.25, 0.3) is 0 Å². The summed E-state index contributed by atoms with van der Waals surface area (Å²) < 4.78 is 8.29. The number of nitrogens with one attached hydrogen (secondary N) is 1. The average molecular weight is 332 g/mol. The van der Waals surface area contributed by atoms with Crippen LogP contribution in [0.15, 0.2) is 27.6 Å². The van der Waals surface area contributed by atoms with Gasteiger partial charge in [0.1, 0.15) is 5.76 Å².